The van der Waals surface area contributed by atoms with Crippen molar-refractivity contribution in [3.05, 3.63) is 35.6 Å². The molecule has 2 N–H and O–H groups in total. The van der Waals surface area contributed by atoms with Crippen LogP contribution in [0, 0.1) is 5.82 Å². The van der Waals surface area contributed by atoms with Crippen LogP contribution in [-0.2, 0) is 0 Å². The molecule has 1 unspecified atom stereocenters. The molecule has 1 aromatic rings. The molecule has 1 aromatic carbocycles. The van der Waals surface area contributed by atoms with E-state index in [1.54, 1.807) is 12.1 Å². The second kappa shape index (κ2) is 4.73. The third kappa shape index (κ3) is 2.76. The number of rotatable bonds is 3. The van der Waals surface area contributed by atoms with Gasteiger partial charge in [-0.25, -0.2) is 4.39 Å². The Balaban J connectivity index is 1.97. The Bertz CT molecular complexity index is 321. The summed E-state index contributed by atoms with van der Waals surface area (Å²) in [5.41, 5.74) is 1.02. The monoisotopic (exact) mass is 208 g/mol. The lowest BCUT2D eigenvalue weighted by molar-refractivity contribution is 0.476. The van der Waals surface area contributed by atoms with Crippen molar-refractivity contribution in [3.8, 4) is 0 Å². The third-order valence-electron chi connectivity index (χ3n) is 2.89. The topological polar surface area (TPSA) is 24.1 Å². The van der Waals surface area contributed by atoms with Crippen molar-refractivity contribution < 1.29 is 4.39 Å². The summed E-state index contributed by atoms with van der Waals surface area (Å²) in [6.45, 7) is 4.17. The lowest BCUT2D eigenvalue weighted by atomic mass is 10.1. The summed E-state index contributed by atoms with van der Waals surface area (Å²) >= 11 is 0. The Labute approximate surface area is 89.9 Å². The number of hydrogen-bond acceptors (Lipinski definition) is 2. The summed E-state index contributed by atoms with van der Waals surface area (Å²) in [6.07, 6.45) is 1.15. The van der Waals surface area contributed by atoms with E-state index >= 15 is 0 Å². The highest BCUT2D eigenvalue weighted by molar-refractivity contribution is 5.19. The first kappa shape index (κ1) is 10.6. The van der Waals surface area contributed by atoms with Gasteiger partial charge in [-0.1, -0.05) is 12.1 Å². The van der Waals surface area contributed by atoms with Crippen LogP contribution in [0.4, 0.5) is 4.39 Å². The molecule has 2 rings (SSSR count). The summed E-state index contributed by atoms with van der Waals surface area (Å²) < 4.78 is 13.0. The Morgan fingerprint density at radius 3 is 3.07 bits per heavy atom. The maximum absolute atomic E-state index is 13.0. The molecule has 15 heavy (non-hydrogen) atoms. The molecule has 0 aromatic heterocycles. The van der Waals surface area contributed by atoms with Crippen LogP contribution in [0.25, 0.3) is 0 Å². The zero-order valence-corrected chi connectivity index (χ0v) is 8.96. The van der Waals surface area contributed by atoms with Crippen LogP contribution in [0.3, 0.4) is 0 Å². The molecule has 0 radical (unpaired) electrons. The van der Waals surface area contributed by atoms with Gasteiger partial charge in [0, 0.05) is 18.6 Å². The fourth-order valence-corrected chi connectivity index (χ4v) is 2.02. The van der Waals surface area contributed by atoms with Crippen molar-refractivity contribution in [1.82, 2.24) is 10.6 Å². The van der Waals surface area contributed by atoms with Gasteiger partial charge in [0.2, 0.25) is 0 Å². The fraction of sp³-hybridized carbons (Fsp3) is 0.500. The van der Waals surface area contributed by atoms with Crippen LogP contribution >= 0.6 is 0 Å². The van der Waals surface area contributed by atoms with Gasteiger partial charge in [-0.15, -0.1) is 0 Å². The van der Waals surface area contributed by atoms with Gasteiger partial charge in [0.15, 0.2) is 0 Å². The zero-order chi connectivity index (χ0) is 10.7. The van der Waals surface area contributed by atoms with Crippen LogP contribution in [0.1, 0.15) is 24.9 Å². The van der Waals surface area contributed by atoms with Gasteiger partial charge in [-0.3, -0.25) is 0 Å². The van der Waals surface area contributed by atoms with Crippen molar-refractivity contribution in [2.24, 2.45) is 0 Å². The molecule has 2 nitrogen and oxygen atoms in total. The molecule has 1 saturated heterocycles. The second-order valence-electron chi connectivity index (χ2n) is 4.13. The third-order valence-corrected chi connectivity index (χ3v) is 2.89. The molecule has 0 amide bonds. The van der Waals surface area contributed by atoms with Gasteiger partial charge in [0.1, 0.15) is 5.82 Å². The largest absolute Gasteiger partial charge is 0.315 e. The fourth-order valence-electron chi connectivity index (χ4n) is 2.02. The molecule has 3 heteroatoms. The van der Waals surface area contributed by atoms with Gasteiger partial charge >= 0.3 is 0 Å². The van der Waals surface area contributed by atoms with Gasteiger partial charge in [0.05, 0.1) is 0 Å². The minimum absolute atomic E-state index is 0.161. The second-order valence-corrected chi connectivity index (χ2v) is 4.13. The Morgan fingerprint density at radius 2 is 2.40 bits per heavy atom. The summed E-state index contributed by atoms with van der Waals surface area (Å²) in [4.78, 5) is 0. The van der Waals surface area contributed by atoms with Crippen molar-refractivity contribution in [3.63, 3.8) is 0 Å². The maximum atomic E-state index is 13.0. The average Bonchev–Trinajstić information content (AvgIpc) is 2.70. The Morgan fingerprint density at radius 1 is 1.53 bits per heavy atom. The molecule has 0 saturated carbocycles. The Kier molecular flexibility index (Phi) is 3.34. The van der Waals surface area contributed by atoms with E-state index in [4.69, 9.17) is 0 Å². The van der Waals surface area contributed by atoms with Crippen molar-refractivity contribution in [1.29, 1.82) is 0 Å². The molecular formula is C12H17FN2. The number of halogens is 1. The van der Waals surface area contributed by atoms with Crippen molar-refractivity contribution in [2.45, 2.75) is 25.4 Å². The minimum atomic E-state index is -0.161. The standard InChI is InChI=1S/C12H17FN2/c1-9(15-12-5-6-14-8-12)10-3-2-4-11(13)7-10/h2-4,7,9,12,14-15H,5-6,8H2,1H3/t9-,12?/m1/s1. The molecule has 1 fully saturated rings. The van der Waals surface area contributed by atoms with Crippen molar-refractivity contribution >= 4 is 0 Å². The molecule has 2 atom stereocenters. The van der Waals surface area contributed by atoms with E-state index in [1.807, 2.05) is 6.07 Å². The first-order valence-electron chi connectivity index (χ1n) is 5.48. The first-order chi connectivity index (χ1) is 7.25. The normalized spacial score (nSPS) is 22.9. The summed E-state index contributed by atoms with van der Waals surface area (Å²) in [5, 5.41) is 6.80. The summed E-state index contributed by atoms with van der Waals surface area (Å²) in [6, 6.07) is 7.53. The van der Waals surface area contributed by atoms with E-state index in [-0.39, 0.29) is 11.9 Å². The minimum Gasteiger partial charge on any atom is -0.315 e. The smallest absolute Gasteiger partial charge is 0.123 e. The van der Waals surface area contributed by atoms with E-state index < -0.39 is 0 Å². The van der Waals surface area contributed by atoms with Crippen LogP contribution < -0.4 is 10.6 Å². The van der Waals surface area contributed by atoms with Gasteiger partial charge in [-0.2, -0.15) is 0 Å². The van der Waals surface area contributed by atoms with Crippen LogP contribution in [0.2, 0.25) is 0 Å². The molecule has 1 aliphatic heterocycles. The van der Waals surface area contributed by atoms with E-state index in [9.17, 15) is 4.39 Å². The van der Waals surface area contributed by atoms with Gasteiger partial charge in [0.25, 0.3) is 0 Å². The molecule has 1 heterocycles. The molecule has 0 bridgehead atoms. The maximum Gasteiger partial charge on any atom is 0.123 e. The molecule has 1 aliphatic rings. The highest BCUT2D eigenvalue weighted by Crippen LogP contribution is 2.15. The molecular weight excluding hydrogens is 191 g/mol. The molecule has 82 valence electrons. The lowest BCUT2D eigenvalue weighted by Gasteiger charge is -2.19. The zero-order valence-electron chi connectivity index (χ0n) is 8.96. The molecule has 0 aliphatic carbocycles. The highest BCUT2D eigenvalue weighted by Gasteiger charge is 2.17. The first-order valence-corrected chi connectivity index (χ1v) is 5.48. The van der Waals surface area contributed by atoms with E-state index in [2.05, 4.69) is 17.6 Å². The number of nitrogens with one attached hydrogen (secondary N) is 2. The SMILES string of the molecule is C[C@@H](NC1CCNC1)c1cccc(F)c1. The molecule has 0 spiro atoms. The van der Waals surface area contributed by atoms with Crippen LogP contribution in [0.15, 0.2) is 24.3 Å². The summed E-state index contributed by atoms with van der Waals surface area (Å²) in [7, 11) is 0. The number of benzene rings is 1. The number of hydrogen-bond donors (Lipinski definition) is 2. The van der Waals surface area contributed by atoms with Crippen LogP contribution in [-0.4, -0.2) is 19.1 Å². The van der Waals surface area contributed by atoms with Gasteiger partial charge < -0.3 is 10.6 Å². The highest BCUT2D eigenvalue weighted by atomic mass is 19.1. The summed E-state index contributed by atoms with van der Waals surface area (Å²) in [5.74, 6) is -0.161. The average molecular weight is 208 g/mol. The quantitative estimate of drug-likeness (QED) is 0.792. The predicted octanol–water partition coefficient (Wildman–Crippen LogP) is 1.84. The van der Waals surface area contributed by atoms with E-state index in [1.165, 1.54) is 6.07 Å². The van der Waals surface area contributed by atoms with Crippen molar-refractivity contribution in [2.75, 3.05) is 13.1 Å². The lowest BCUT2D eigenvalue weighted by Crippen LogP contribution is -2.33. The van der Waals surface area contributed by atoms with E-state index in [0.29, 0.717) is 6.04 Å². The van der Waals surface area contributed by atoms with Crippen LogP contribution in [0.5, 0.6) is 0 Å². The Hall–Kier alpha value is -0.930. The predicted molar refractivity (Wildman–Crippen MR) is 59.2 cm³/mol. The van der Waals surface area contributed by atoms with E-state index in [0.717, 1.165) is 25.1 Å². The van der Waals surface area contributed by atoms with Gasteiger partial charge in [-0.05, 0) is 37.6 Å².